The summed E-state index contributed by atoms with van der Waals surface area (Å²) in [6, 6.07) is 8.05. The molecule has 1 amide bonds. The van der Waals surface area contributed by atoms with Gasteiger partial charge in [-0.25, -0.2) is 0 Å². The van der Waals surface area contributed by atoms with E-state index in [1.165, 1.54) is 0 Å². The minimum Gasteiger partial charge on any atom is -0.341 e. The molecule has 1 atom stereocenters. The molecule has 0 radical (unpaired) electrons. The van der Waals surface area contributed by atoms with Gasteiger partial charge in [0.1, 0.15) is 0 Å². The second-order valence-electron chi connectivity index (χ2n) is 6.92. The minimum absolute atomic E-state index is 0.220. The van der Waals surface area contributed by atoms with Crippen molar-refractivity contribution in [3.8, 4) is 0 Å². The van der Waals surface area contributed by atoms with Gasteiger partial charge in [-0.3, -0.25) is 4.79 Å². The maximum Gasteiger partial charge on any atom is 0.222 e. The maximum atomic E-state index is 12.3. The number of carbonyl (C=O) groups excluding carboxylic acids is 1. The molecule has 112 valence electrons. The van der Waals surface area contributed by atoms with Crippen molar-refractivity contribution in [3.05, 3.63) is 34.3 Å². The molecule has 0 bridgehead atoms. The molecule has 0 N–H and O–H groups in total. The molecule has 0 aliphatic heterocycles. The summed E-state index contributed by atoms with van der Waals surface area (Å²) < 4.78 is 1.06. The molecule has 3 heteroatoms. The van der Waals surface area contributed by atoms with E-state index < -0.39 is 0 Å². The summed E-state index contributed by atoms with van der Waals surface area (Å²) in [5.41, 5.74) is 1.42. The third kappa shape index (κ3) is 6.08. The molecular formula is C17H26BrNO. The fourth-order valence-corrected chi connectivity index (χ4v) is 2.95. The molecule has 0 spiro atoms. The van der Waals surface area contributed by atoms with Crippen LogP contribution in [-0.4, -0.2) is 17.9 Å². The number of rotatable bonds is 5. The summed E-state index contributed by atoms with van der Waals surface area (Å²) in [4.78, 5) is 14.1. The Labute approximate surface area is 131 Å². The van der Waals surface area contributed by atoms with Crippen molar-refractivity contribution in [3.63, 3.8) is 0 Å². The molecule has 0 heterocycles. The van der Waals surface area contributed by atoms with Crippen LogP contribution in [0.4, 0.5) is 0 Å². The van der Waals surface area contributed by atoms with Crippen LogP contribution in [0.1, 0.15) is 46.1 Å². The standard InChI is InChI=1S/C17H26BrNO/c1-13(11-17(2,3)4)10-16(20)19(5)12-14-8-6-7-9-15(14)18/h6-9,13H,10-12H2,1-5H3. The van der Waals surface area contributed by atoms with Crippen molar-refractivity contribution >= 4 is 21.8 Å². The second kappa shape index (κ2) is 7.26. The lowest BCUT2D eigenvalue weighted by Gasteiger charge is -2.25. The molecule has 0 aliphatic carbocycles. The van der Waals surface area contributed by atoms with Gasteiger partial charge in [-0.1, -0.05) is 61.8 Å². The Bertz CT molecular complexity index is 451. The van der Waals surface area contributed by atoms with E-state index in [1.807, 2.05) is 36.2 Å². The van der Waals surface area contributed by atoms with Gasteiger partial charge in [0.25, 0.3) is 0 Å². The van der Waals surface area contributed by atoms with E-state index in [2.05, 4.69) is 43.6 Å². The van der Waals surface area contributed by atoms with Crippen LogP contribution >= 0.6 is 15.9 Å². The van der Waals surface area contributed by atoms with E-state index in [9.17, 15) is 4.79 Å². The van der Waals surface area contributed by atoms with E-state index in [1.54, 1.807) is 0 Å². The van der Waals surface area contributed by atoms with Gasteiger partial charge in [-0.05, 0) is 29.4 Å². The highest BCUT2D eigenvalue weighted by Gasteiger charge is 2.19. The van der Waals surface area contributed by atoms with Gasteiger partial charge in [0.15, 0.2) is 0 Å². The lowest BCUT2D eigenvalue weighted by Crippen LogP contribution is -2.28. The number of halogens is 1. The SMILES string of the molecule is CC(CC(=O)N(C)Cc1ccccc1Br)CC(C)(C)C. The monoisotopic (exact) mass is 339 g/mol. The Hall–Kier alpha value is -0.830. The Morgan fingerprint density at radius 1 is 1.30 bits per heavy atom. The highest BCUT2D eigenvalue weighted by Crippen LogP contribution is 2.26. The zero-order valence-electron chi connectivity index (χ0n) is 13.2. The molecule has 0 aliphatic rings. The van der Waals surface area contributed by atoms with Crippen LogP contribution in [0.25, 0.3) is 0 Å². The molecule has 1 aromatic rings. The van der Waals surface area contributed by atoms with Crippen molar-refractivity contribution in [1.29, 1.82) is 0 Å². The first-order valence-electron chi connectivity index (χ1n) is 7.16. The third-order valence-corrected chi connectivity index (χ3v) is 4.05. The van der Waals surface area contributed by atoms with Gasteiger partial charge in [0, 0.05) is 24.5 Å². The number of hydrogen-bond acceptors (Lipinski definition) is 1. The Kier molecular flexibility index (Phi) is 6.25. The average Bonchev–Trinajstić information content (AvgIpc) is 2.29. The van der Waals surface area contributed by atoms with E-state index in [4.69, 9.17) is 0 Å². The zero-order valence-corrected chi connectivity index (χ0v) is 14.8. The lowest BCUT2D eigenvalue weighted by molar-refractivity contribution is -0.131. The fraction of sp³-hybridized carbons (Fsp3) is 0.588. The van der Waals surface area contributed by atoms with Crippen molar-refractivity contribution in [1.82, 2.24) is 4.90 Å². The minimum atomic E-state index is 0.220. The first-order chi connectivity index (χ1) is 9.19. The van der Waals surface area contributed by atoms with E-state index in [0.29, 0.717) is 18.9 Å². The molecule has 1 rings (SSSR count). The Morgan fingerprint density at radius 2 is 1.90 bits per heavy atom. The maximum absolute atomic E-state index is 12.3. The number of nitrogens with zero attached hydrogens (tertiary/aromatic N) is 1. The predicted molar refractivity (Wildman–Crippen MR) is 88.5 cm³/mol. The van der Waals surface area contributed by atoms with Crippen molar-refractivity contribution in [2.24, 2.45) is 11.3 Å². The number of hydrogen-bond donors (Lipinski definition) is 0. The molecule has 20 heavy (non-hydrogen) atoms. The van der Waals surface area contributed by atoms with E-state index in [0.717, 1.165) is 16.5 Å². The summed E-state index contributed by atoms with van der Waals surface area (Å²) in [7, 11) is 1.88. The highest BCUT2D eigenvalue weighted by molar-refractivity contribution is 9.10. The van der Waals surface area contributed by atoms with Gasteiger partial charge in [0.2, 0.25) is 5.91 Å². The summed E-state index contributed by atoms with van der Waals surface area (Å²) in [6.07, 6.45) is 1.69. The molecule has 1 unspecified atom stereocenters. The van der Waals surface area contributed by atoms with Crippen LogP contribution in [0.3, 0.4) is 0 Å². The van der Waals surface area contributed by atoms with Crippen LogP contribution in [0, 0.1) is 11.3 Å². The van der Waals surface area contributed by atoms with Gasteiger partial charge < -0.3 is 4.90 Å². The molecule has 0 saturated carbocycles. The van der Waals surface area contributed by atoms with Gasteiger partial charge in [-0.15, -0.1) is 0 Å². The van der Waals surface area contributed by atoms with Crippen molar-refractivity contribution < 1.29 is 4.79 Å². The fourth-order valence-electron chi connectivity index (χ4n) is 2.54. The van der Waals surface area contributed by atoms with Gasteiger partial charge in [0.05, 0.1) is 0 Å². The summed E-state index contributed by atoms with van der Waals surface area (Å²) in [5, 5.41) is 0. The quantitative estimate of drug-likeness (QED) is 0.749. The number of benzene rings is 1. The van der Waals surface area contributed by atoms with Crippen LogP contribution in [0.5, 0.6) is 0 Å². The van der Waals surface area contributed by atoms with Crippen LogP contribution < -0.4 is 0 Å². The summed E-state index contributed by atoms with van der Waals surface area (Å²) in [6.45, 7) is 9.48. The zero-order chi connectivity index (χ0) is 15.3. The normalized spacial score (nSPS) is 13.1. The average molecular weight is 340 g/mol. The molecule has 2 nitrogen and oxygen atoms in total. The van der Waals surface area contributed by atoms with Crippen molar-refractivity contribution in [2.45, 2.75) is 47.1 Å². The highest BCUT2D eigenvalue weighted by atomic mass is 79.9. The molecule has 0 saturated heterocycles. The van der Waals surface area contributed by atoms with E-state index >= 15 is 0 Å². The molecule has 1 aromatic carbocycles. The number of amides is 1. The smallest absolute Gasteiger partial charge is 0.222 e. The predicted octanol–water partition coefficient (Wildman–Crippen LogP) is 4.87. The topological polar surface area (TPSA) is 20.3 Å². The first kappa shape index (κ1) is 17.2. The Morgan fingerprint density at radius 3 is 2.45 bits per heavy atom. The third-order valence-electron chi connectivity index (χ3n) is 3.28. The van der Waals surface area contributed by atoms with Crippen LogP contribution in [0.15, 0.2) is 28.7 Å². The Balaban J connectivity index is 2.53. The molecule has 0 aromatic heterocycles. The van der Waals surface area contributed by atoms with Gasteiger partial charge >= 0.3 is 0 Å². The van der Waals surface area contributed by atoms with Crippen molar-refractivity contribution in [2.75, 3.05) is 7.05 Å². The molecule has 0 fully saturated rings. The largest absolute Gasteiger partial charge is 0.341 e. The summed E-state index contributed by atoms with van der Waals surface area (Å²) >= 11 is 3.53. The second-order valence-corrected chi connectivity index (χ2v) is 7.77. The number of carbonyl (C=O) groups is 1. The summed E-state index contributed by atoms with van der Waals surface area (Å²) in [5.74, 6) is 0.640. The van der Waals surface area contributed by atoms with Crippen LogP contribution in [0.2, 0.25) is 0 Å². The first-order valence-corrected chi connectivity index (χ1v) is 7.96. The van der Waals surface area contributed by atoms with Crippen LogP contribution in [-0.2, 0) is 11.3 Å². The molecular weight excluding hydrogens is 314 g/mol. The van der Waals surface area contributed by atoms with E-state index in [-0.39, 0.29) is 11.3 Å². The van der Waals surface area contributed by atoms with Gasteiger partial charge in [-0.2, -0.15) is 0 Å². The lowest BCUT2D eigenvalue weighted by atomic mass is 9.84.